The molecule has 3 aromatic carbocycles. The van der Waals surface area contributed by atoms with Crippen LogP contribution in [0.5, 0.6) is 11.5 Å². The Morgan fingerprint density at radius 2 is 1.76 bits per heavy atom. The molecule has 1 atom stereocenters. The molecule has 1 N–H and O–H groups in total. The minimum Gasteiger partial charge on any atom is -0.503 e. The molecule has 4 aromatic rings. The van der Waals surface area contributed by atoms with Gasteiger partial charge in [0.25, 0.3) is 5.91 Å². The van der Waals surface area contributed by atoms with Crippen LogP contribution in [0.15, 0.2) is 82.5 Å². The smallest absolute Gasteiger partial charge is 0.294 e. The highest BCUT2D eigenvalue weighted by Gasteiger charge is 2.46. The van der Waals surface area contributed by atoms with E-state index in [2.05, 4.69) is 20.8 Å². The number of fused-ring (bicyclic) bond motifs is 1. The van der Waals surface area contributed by atoms with Crippen molar-refractivity contribution in [2.45, 2.75) is 45.6 Å². The molecule has 7 nitrogen and oxygen atoms in total. The molecule has 41 heavy (non-hydrogen) atoms. The highest BCUT2D eigenvalue weighted by Crippen LogP contribution is 2.46. The molecule has 0 spiro atoms. The third kappa shape index (κ3) is 5.18. The van der Waals surface area contributed by atoms with Crippen LogP contribution < -0.4 is 14.4 Å². The standard InChI is InChI=1S/C33H32ClNO6/c1-6-15-40-24-10-8-7-9-23(24)35-28(19-11-13-21(14-12-19)33(2,3)4)27(30(37)32(35)38)29(36)25-17-20-16-22(34)18-26(39-5)31(20)41-25/h7-14,16-18,28,37H,6,15H2,1-5H3. The maximum absolute atomic E-state index is 14.1. The highest BCUT2D eigenvalue weighted by molar-refractivity contribution is 6.31. The Balaban J connectivity index is 1.67. The lowest BCUT2D eigenvalue weighted by atomic mass is 9.85. The number of ether oxygens (including phenoxy) is 2. The van der Waals surface area contributed by atoms with Gasteiger partial charge >= 0.3 is 0 Å². The van der Waals surface area contributed by atoms with Crippen LogP contribution >= 0.6 is 11.6 Å². The zero-order valence-corrected chi connectivity index (χ0v) is 24.4. The van der Waals surface area contributed by atoms with E-state index in [1.54, 1.807) is 30.3 Å². The van der Waals surface area contributed by atoms with Gasteiger partial charge in [0, 0.05) is 16.5 Å². The third-order valence-corrected chi connectivity index (χ3v) is 7.34. The van der Waals surface area contributed by atoms with Gasteiger partial charge in [0.05, 0.1) is 31.0 Å². The van der Waals surface area contributed by atoms with E-state index in [1.807, 2.05) is 37.3 Å². The summed E-state index contributed by atoms with van der Waals surface area (Å²) in [5, 5.41) is 12.2. The van der Waals surface area contributed by atoms with Crippen molar-refractivity contribution >= 4 is 39.9 Å². The molecule has 0 aliphatic carbocycles. The number of rotatable bonds is 8. The Kier molecular flexibility index (Phi) is 7.58. The summed E-state index contributed by atoms with van der Waals surface area (Å²) in [7, 11) is 1.48. The fourth-order valence-electron chi connectivity index (χ4n) is 5.04. The number of nitrogens with zero attached hydrogens (tertiary/aromatic N) is 1. The molecule has 2 heterocycles. The van der Waals surface area contributed by atoms with Crippen LogP contribution in [0, 0.1) is 0 Å². The molecule has 1 aliphatic rings. The van der Waals surface area contributed by atoms with Gasteiger partial charge in [-0.3, -0.25) is 14.5 Å². The monoisotopic (exact) mass is 573 g/mol. The van der Waals surface area contributed by atoms with Crippen molar-refractivity contribution in [2.24, 2.45) is 0 Å². The highest BCUT2D eigenvalue weighted by atomic mass is 35.5. The summed E-state index contributed by atoms with van der Waals surface area (Å²) in [6.45, 7) is 8.76. The molecule has 0 bridgehead atoms. The number of methoxy groups -OCH3 is 1. The third-order valence-electron chi connectivity index (χ3n) is 7.12. The van der Waals surface area contributed by atoms with Gasteiger partial charge < -0.3 is 19.0 Å². The molecular weight excluding hydrogens is 542 g/mol. The predicted molar refractivity (Wildman–Crippen MR) is 159 cm³/mol. The topological polar surface area (TPSA) is 89.2 Å². The van der Waals surface area contributed by atoms with Crippen molar-refractivity contribution in [3.63, 3.8) is 0 Å². The van der Waals surface area contributed by atoms with E-state index in [-0.39, 0.29) is 16.7 Å². The maximum atomic E-state index is 14.1. The quantitative estimate of drug-likeness (QED) is 0.215. The number of aliphatic hydroxyl groups excluding tert-OH is 1. The fraction of sp³-hybridized carbons (Fsp3) is 0.273. The van der Waals surface area contributed by atoms with E-state index in [1.165, 1.54) is 18.1 Å². The van der Waals surface area contributed by atoms with Gasteiger partial charge in [-0.05, 0) is 47.2 Å². The van der Waals surface area contributed by atoms with Gasteiger partial charge in [0.1, 0.15) is 5.75 Å². The van der Waals surface area contributed by atoms with Crippen LogP contribution in [-0.2, 0) is 10.2 Å². The first-order chi connectivity index (χ1) is 19.5. The van der Waals surface area contributed by atoms with Gasteiger partial charge in [-0.25, -0.2) is 0 Å². The molecule has 0 saturated carbocycles. The maximum Gasteiger partial charge on any atom is 0.294 e. The van der Waals surface area contributed by atoms with Crippen LogP contribution in [0.4, 0.5) is 5.69 Å². The van der Waals surface area contributed by atoms with Crippen molar-refractivity contribution < 1.29 is 28.6 Å². The van der Waals surface area contributed by atoms with Gasteiger partial charge in [-0.15, -0.1) is 0 Å². The molecule has 212 valence electrons. The van der Waals surface area contributed by atoms with Gasteiger partial charge in [-0.1, -0.05) is 75.7 Å². The normalized spacial score (nSPS) is 15.6. The van der Waals surface area contributed by atoms with Crippen LogP contribution in [0.1, 0.15) is 61.8 Å². The lowest BCUT2D eigenvalue weighted by Crippen LogP contribution is -2.31. The molecule has 0 fully saturated rings. The molecule has 1 unspecified atom stereocenters. The summed E-state index contributed by atoms with van der Waals surface area (Å²) in [5.41, 5.74) is 2.34. The average molecular weight is 574 g/mol. The number of carbonyl (C=O) groups excluding carboxylic acids is 2. The van der Waals surface area contributed by atoms with Crippen molar-refractivity contribution in [1.82, 2.24) is 0 Å². The number of amides is 1. The summed E-state index contributed by atoms with van der Waals surface area (Å²) in [5.74, 6) is -1.18. The summed E-state index contributed by atoms with van der Waals surface area (Å²) in [4.78, 5) is 29.3. The molecule has 1 aromatic heterocycles. The van der Waals surface area contributed by atoms with Gasteiger partial charge in [-0.2, -0.15) is 0 Å². The Labute approximate surface area is 243 Å². The SMILES string of the molecule is CCCOc1ccccc1N1C(=O)C(O)=C(C(=O)c2cc3cc(Cl)cc(OC)c3o2)C1c1ccc(C(C)(C)C)cc1. The molecule has 1 amide bonds. The zero-order valence-electron chi connectivity index (χ0n) is 23.7. The predicted octanol–water partition coefficient (Wildman–Crippen LogP) is 7.96. The number of para-hydroxylation sites is 2. The summed E-state index contributed by atoms with van der Waals surface area (Å²) >= 11 is 6.23. The van der Waals surface area contributed by atoms with E-state index in [9.17, 15) is 14.7 Å². The van der Waals surface area contributed by atoms with Crippen LogP contribution in [0.25, 0.3) is 11.0 Å². The number of hydrogen-bond donors (Lipinski definition) is 1. The van der Waals surface area contributed by atoms with Crippen molar-refractivity contribution in [3.8, 4) is 11.5 Å². The average Bonchev–Trinajstić information content (AvgIpc) is 3.49. The minimum absolute atomic E-state index is 0.0522. The molecule has 5 rings (SSSR count). The van der Waals surface area contributed by atoms with Crippen LogP contribution in [-0.4, -0.2) is 30.5 Å². The molecule has 8 heteroatoms. The van der Waals surface area contributed by atoms with E-state index in [0.717, 1.165) is 12.0 Å². The molecule has 0 radical (unpaired) electrons. The fourth-order valence-corrected chi connectivity index (χ4v) is 5.26. The Hall–Kier alpha value is -4.23. The molecular formula is C33H32ClNO6. The molecule has 0 saturated heterocycles. The first-order valence-corrected chi connectivity index (χ1v) is 13.8. The number of anilines is 1. The van der Waals surface area contributed by atoms with Gasteiger partial charge in [0.15, 0.2) is 22.9 Å². The second-order valence-corrected chi connectivity index (χ2v) is 11.4. The van der Waals surface area contributed by atoms with Crippen LogP contribution in [0.2, 0.25) is 5.02 Å². The van der Waals surface area contributed by atoms with Crippen LogP contribution in [0.3, 0.4) is 0 Å². The number of furan rings is 1. The lowest BCUT2D eigenvalue weighted by molar-refractivity contribution is -0.117. The van der Waals surface area contributed by atoms with Crippen molar-refractivity contribution in [2.75, 3.05) is 18.6 Å². The Morgan fingerprint density at radius 3 is 2.41 bits per heavy atom. The number of ketones is 1. The first-order valence-electron chi connectivity index (χ1n) is 13.5. The summed E-state index contributed by atoms with van der Waals surface area (Å²) < 4.78 is 17.3. The number of carbonyl (C=O) groups is 2. The van der Waals surface area contributed by atoms with E-state index in [4.69, 9.17) is 25.5 Å². The first kappa shape index (κ1) is 28.3. The Bertz CT molecular complexity index is 1660. The van der Waals surface area contributed by atoms with Crippen molar-refractivity contribution in [1.29, 1.82) is 0 Å². The number of hydrogen-bond acceptors (Lipinski definition) is 6. The zero-order chi connectivity index (χ0) is 29.5. The largest absolute Gasteiger partial charge is 0.503 e. The summed E-state index contributed by atoms with van der Waals surface area (Å²) in [6, 6.07) is 18.7. The second kappa shape index (κ2) is 11.0. The number of Topliss-reactive ketones (excluding diaryl/α,β-unsaturated/α-hetero) is 1. The Morgan fingerprint density at radius 1 is 1.05 bits per heavy atom. The van der Waals surface area contributed by atoms with E-state index >= 15 is 0 Å². The molecule has 1 aliphatic heterocycles. The number of halogens is 1. The minimum atomic E-state index is -0.936. The van der Waals surface area contributed by atoms with Crippen molar-refractivity contribution in [3.05, 3.63) is 100.0 Å². The summed E-state index contributed by atoms with van der Waals surface area (Å²) in [6.07, 6.45) is 0.771. The second-order valence-electron chi connectivity index (χ2n) is 11.0. The number of aliphatic hydroxyl groups is 1. The lowest BCUT2D eigenvalue weighted by Gasteiger charge is -2.29. The van der Waals surface area contributed by atoms with E-state index in [0.29, 0.717) is 45.3 Å². The number of benzene rings is 3. The van der Waals surface area contributed by atoms with E-state index < -0.39 is 23.5 Å². The van der Waals surface area contributed by atoms with Gasteiger partial charge in [0.2, 0.25) is 5.78 Å².